The number of carbonyl (C=O) groups is 1. The molecule has 5 nitrogen and oxygen atoms in total. The predicted octanol–water partition coefficient (Wildman–Crippen LogP) is 2.30. The molecule has 1 saturated heterocycles. The monoisotopic (exact) mass is 338 g/mol. The van der Waals surface area contributed by atoms with E-state index in [9.17, 15) is 4.79 Å². The zero-order valence-electron chi connectivity index (χ0n) is 14.1. The summed E-state index contributed by atoms with van der Waals surface area (Å²) in [5.74, 6) is 2.84. The Hall–Kier alpha value is -1.40. The number of thioether (sulfide) groups is 1. The van der Waals surface area contributed by atoms with Gasteiger partial charge in [-0.3, -0.25) is 4.79 Å². The third-order valence-electron chi connectivity index (χ3n) is 4.13. The minimum atomic E-state index is 0.124. The van der Waals surface area contributed by atoms with Crippen molar-refractivity contribution in [2.24, 2.45) is 5.92 Å². The quantitative estimate of drug-likeness (QED) is 0.747. The molecule has 0 radical (unpaired) electrons. The number of amides is 1. The van der Waals surface area contributed by atoms with Crippen LogP contribution < -0.4 is 20.1 Å². The number of rotatable bonds is 7. The molecule has 2 atom stereocenters. The van der Waals surface area contributed by atoms with E-state index in [2.05, 4.69) is 17.6 Å². The Labute approximate surface area is 142 Å². The smallest absolute Gasteiger partial charge is 0.221 e. The first-order valence-corrected chi connectivity index (χ1v) is 8.97. The molecule has 0 aromatic heterocycles. The Morgan fingerprint density at radius 1 is 1.35 bits per heavy atom. The maximum Gasteiger partial charge on any atom is 0.221 e. The molecule has 1 aliphatic heterocycles. The third-order valence-corrected chi connectivity index (χ3v) is 5.12. The minimum absolute atomic E-state index is 0.124. The van der Waals surface area contributed by atoms with Gasteiger partial charge in [0.2, 0.25) is 5.91 Å². The zero-order chi connectivity index (χ0) is 16.7. The molecule has 0 spiro atoms. The lowest BCUT2D eigenvalue weighted by molar-refractivity contribution is -0.121. The van der Waals surface area contributed by atoms with E-state index >= 15 is 0 Å². The van der Waals surface area contributed by atoms with E-state index in [1.54, 1.807) is 26.0 Å². The van der Waals surface area contributed by atoms with Crippen molar-refractivity contribution < 1.29 is 14.3 Å². The highest BCUT2D eigenvalue weighted by Crippen LogP contribution is 2.32. The van der Waals surface area contributed by atoms with Gasteiger partial charge in [0.25, 0.3) is 0 Å². The molecule has 0 bridgehead atoms. The van der Waals surface area contributed by atoms with Crippen molar-refractivity contribution in [3.05, 3.63) is 18.2 Å². The van der Waals surface area contributed by atoms with Crippen LogP contribution in [0.5, 0.6) is 11.5 Å². The second kappa shape index (κ2) is 9.03. The Kier molecular flexibility index (Phi) is 7.05. The molecule has 1 aromatic carbocycles. The summed E-state index contributed by atoms with van der Waals surface area (Å²) in [5, 5.41) is 6.47. The lowest BCUT2D eigenvalue weighted by Gasteiger charge is -2.30. The van der Waals surface area contributed by atoms with Crippen LogP contribution in [0.15, 0.2) is 23.1 Å². The number of hydrogen-bond donors (Lipinski definition) is 2. The SMILES string of the molecule is COc1ccc(SCCC(=O)NC2CNCCC2C)cc1OC. The van der Waals surface area contributed by atoms with Crippen molar-refractivity contribution >= 4 is 17.7 Å². The summed E-state index contributed by atoms with van der Waals surface area (Å²) in [6, 6.07) is 6.06. The van der Waals surface area contributed by atoms with Gasteiger partial charge in [-0.1, -0.05) is 6.92 Å². The molecule has 1 fully saturated rings. The van der Waals surface area contributed by atoms with Gasteiger partial charge in [0, 0.05) is 29.7 Å². The summed E-state index contributed by atoms with van der Waals surface area (Å²) in [4.78, 5) is 13.1. The molecule has 23 heavy (non-hydrogen) atoms. The Balaban J connectivity index is 1.77. The van der Waals surface area contributed by atoms with E-state index in [1.807, 2.05) is 18.2 Å². The largest absolute Gasteiger partial charge is 0.493 e. The summed E-state index contributed by atoms with van der Waals surface area (Å²) >= 11 is 1.65. The van der Waals surface area contributed by atoms with E-state index in [4.69, 9.17) is 9.47 Å². The Morgan fingerprint density at radius 3 is 2.83 bits per heavy atom. The van der Waals surface area contributed by atoms with Crippen molar-refractivity contribution in [2.45, 2.75) is 30.7 Å². The summed E-state index contributed by atoms with van der Waals surface area (Å²) in [6.07, 6.45) is 1.63. The maximum atomic E-state index is 12.1. The van der Waals surface area contributed by atoms with Crippen LogP contribution in [0.25, 0.3) is 0 Å². The molecule has 0 aliphatic carbocycles. The van der Waals surface area contributed by atoms with Crippen LogP contribution in [0, 0.1) is 5.92 Å². The highest BCUT2D eigenvalue weighted by Gasteiger charge is 2.22. The lowest BCUT2D eigenvalue weighted by atomic mass is 9.95. The van der Waals surface area contributed by atoms with E-state index in [0.717, 1.165) is 30.2 Å². The van der Waals surface area contributed by atoms with Crippen molar-refractivity contribution in [3.63, 3.8) is 0 Å². The van der Waals surface area contributed by atoms with Gasteiger partial charge >= 0.3 is 0 Å². The van der Waals surface area contributed by atoms with Gasteiger partial charge in [0.05, 0.1) is 14.2 Å². The molecule has 2 unspecified atom stereocenters. The van der Waals surface area contributed by atoms with Crippen LogP contribution in [0.2, 0.25) is 0 Å². The van der Waals surface area contributed by atoms with E-state index < -0.39 is 0 Å². The van der Waals surface area contributed by atoms with Gasteiger partial charge in [-0.2, -0.15) is 0 Å². The fourth-order valence-corrected chi connectivity index (χ4v) is 3.51. The average Bonchev–Trinajstić information content (AvgIpc) is 2.56. The van der Waals surface area contributed by atoms with Crippen LogP contribution in [-0.4, -0.2) is 45.0 Å². The van der Waals surface area contributed by atoms with Crippen LogP contribution in [-0.2, 0) is 4.79 Å². The highest BCUT2D eigenvalue weighted by molar-refractivity contribution is 7.99. The van der Waals surface area contributed by atoms with Gasteiger partial charge in [-0.25, -0.2) is 0 Å². The second-order valence-electron chi connectivity index (χ2n) is 5.76. The van der Waals surface area contributed by atoms with Crippen LogP contribution >= 0.6 is 11.8 Å². The standard InChI is InChI=1S/C17H26N2O3S/c1-12-6-8-18-11-14(12)19-17(20)7-9-23-13-4-5-15(21-2)16(10-13)22-3/h4-5,10,12,14,18H,6-9,11H2,1-3H3,(H,19,20). The van der Waals surface area contributed by atoms with E-state index in [-0.39, 0.29) is 11.9 Å². The minimum Gasteiger partial charge on any atom is -0.493 e. The number of methoxy groups -OCH3 is 2. The molecule has 1 heterocycles. The summed E-state index contributed by atoms with van der Waals surface area (Å²) in [7, 11) is 3.25. The first-order valence-electron chi connectivity index (χ1n) is 7.99. The number of ether oxygens (including phenoxy) is 2. The number of hydrogen-bond acceptors (Lipinski definition) is 5. The molecular formula is C17H26N2O3S. The maximum absolute atomic E-state index is 12.1. The van der Waals surface area contributed by atoms with Gasteiger partial charge in [-0.05, 0) is 37.1 Å². The Morgan fingerprint density at radius 2 is 2.13 bits per heavy atom. The number of piperidine rings is 1. The fourth-order valence-electron chi connectivity index (χ4n) is 2.63. The predicted molar refractivity (Wildman–Crippen MR) is 93.5 cm³/mol. The molecular weight excluding hydrogens is 312 g/mol. The average molecular weight is 338 g/mol. The van der Waals surface area contributed by atoms with Crippen LogP contribution in [0.4, 0.5) is 0 Å². The van der Waals surface area contributed by atoms with Crippen molar-refractivity contribution in [1.29, 1.82) is 0 Å². The highest BCUT2D eigenvalue weighted by atomic mass is 32.2. The molecule has 0 saturated carbocycles. The first kappa shape index (κ1) is 17.9. The molecule has 6 heteroatoms. The van der Waals surface area contributed by atoms with Crippen LogP contribution in [0.3, 0.4) is 0 Å². The number of carbonyl (C=O) groups excluding carboxylic acids is 1. The van der Waals surface area contributed by atoms with Gasteiger partial charge in [0.15, 0.2) is 11.5 Å². The van der Waals surface area contributed by atoms with Gasteiger partial charge < -0.3 is 20.1 Å². The number of benzene rings is 1. The molecule has 1 aliphatic rings. The van der Waals surface area contributed by atoms with E-state index in [1.165, 1.54) is 0 Å². The summed E-state index contributed by atoms with van der Waals surface area (Å²) < 4.78 is 10.5. The third kappa shape index (κ3) is 5.32. The molecule has 2 rings (SSSR count). The van der Waals surface area contributed by atoms with Gasteiger partial charge in [0.1, 0.15) is 0 Å². The zero-order valence-corrected chi connectivity index (χ0v) is 14.9. The topological polar surface area (TPSA) is 59.6 Å². The first-order chi connectivity index (χ1) is 11.1. The second-order valence-corrected chi connectivity index (χ2v) is 6.93. The van der Waals surface area contributed by atoms with E-state index in [0.29, 0.717) is 23.8 Å². The summed E-state index contributed by atoms with van der Waals surface area (Å²) in [5.41, 5.74) is 0. The molecule has 1 amide bonds. The van der Waals surface area contributed by atoms with Crippen molar-refractivity contribution in [2.75, 3.05) is 33.1 Å². The normalized spacial score (nSPS) is 20.8. The number of nitrogens with one attached hydrogen (secondary N) is 2. The molecule has 1 aromatic rings. The van der Waals surface area contributed by atoms with Crippen molar-refractivity contribution in [3.8, 4) is 11.5 Å². The fraction of sp³-hybridized carbons (Fsp3) is 0.588. The molecule has 2 N–H and O–H groups in total. The Bertz CT molecular complexity index is 525. The lowest BCUT2D eigenvalue weighted by Crippen LogP contribution is -2.50. The van der Waals surface area contributed by atoms with Crippen LogP contribution in [0.1, 0.15) is 19.8 Å². The van der Waals surface area contributed by atoms with Crippen molar-refractivity contribution in [1.82, 2.24) is 10.6 Å². The summed E-state index contributed by atoms with van der Waals surface area (Å²) in [6.45, 7) is 4.11. The van der Waals surface area contributed by atoms with Gasteiger partial charge in [-0.15, -0.1) is 11.8 Å². The molecule has 128 valence electrons.